The molecule has 0 saturated heterocycles. The summed E-state index contributed by atoms with van der Waals surface area (Å²) in [5.74, 6) is -0.787. The Labute approximate surface area is 191 Å². The second-order valence-corrected chi connectivity index (χ2v) is 9.20. The Hall–Kier alpha value is -3.85. The first kappa shape index (κ1) is 22.3. The molecule has 1 heterocycles. The van der Waals surface area contributed by atoms with Crippen molar-refractivity contribution >= 4 is 33.3 Å². The van der Waals surface area contributed by atoms with Crippen LogP contribution in [0.15, 0.2) is 71.6 Å². The molecule has 8 nitrogen and oxygen atoms in total. The second-order valence-electron chi connectivity index (χ2n) is 7.34. The predicted molar refractivity (Wildman–Crippen MR) is 123 cm³/mol. The van der Waals surface area contributed by atoms with Crippen LogP contribution in [0.2, 0.25) is 0 Å². The Morgan fingerprint density at radius 2 is 1.76 bits per heavy atom. The molecule has 0 spiro atoms. The van der Waals surface area contributed by atoms with Crippen LogP contribution in [0.1, 0.15) is 26.3 Å². The van der Waals surface area contributed by atoms with Gasteiger partial charge in [-0.05, 0) is 54.4 Å². The van der Waals surface area contributed by atoms with Crippen molar-refractivity contribution in [1.82, 2.24) is 0 Å². The summed E-state index contributed by atoms with van der Waals surface area (Å²) in [6.07, 6.45) is 0.628. The number of carbonyl (C=O) groups excluding carboxylic acids is 2. The number of methoxy groups -OCH3 is 2. The van der Waals surface area contributed by atoms with Gasteiger partial charge in [0.05, 0.1) is 36.1 Å². The number of amides is 1. The molecule has 0 atom stereocenters. The van der Waals surface area contributed by atoms with E-state index in [1.54, 1.807) is 18.2 Å². The SMILES string of the molecule is COC(=O)c1cc(OC)ccc1NC(=O)c1cccc(S(=O)(=O)N2CCc3ccccc32)c1. The van der Waals surface area contributed by atoms with Gasteiger partial charge >= 0.3 is 5.97 Å². The van der Waals surface area contributed by atoms with E-state index in [0.717, 1.165) is 5.56 Å². The molecule has 0 bridgehead atoms. The predicted octanol–water partition coefficient (Wildman–Crippen LogP) is 3.49. The molecule has 33 heavy (non-hydrogen) atoms. The van der Waals surface area contributed by atoms with Crippen LogP contribution < -0.4 is 14.4 Å². The summed E-state index contributed by atoms with van der Waals surface area (Å²) in [5, 5.41) is 2.65. The number of esters is 1. The van der Waals surface area contributed by atoms with E-state index in [-0.39, 0.29) is 21.7 Å². The fourth-order valence-corrected chi connectivity index (χ4v) is 5.26. The lowest BCUT2D eigenvalue weighted by atomic mass is 10.1. The number of sulfonamides is 1. The minimum Gasteiger partial charge on any atom is -0.497 e. The van der Waals surface area contributed by atoms with Gasteiger partial charge in [0.25, 0.3) is 15.9 Å². The minimum absolute atomic E-state index is 0.00905. The smallest absolute Gasteiger partial charge is 0.340 e. The first-order chi connectivity index (χ1) is 15.8. The second kappa shape index (κ2) is 8.95. The van der Waals surface area contributed by atoms with Crippen molar-refractivity contribution in [2.75, 3.05) is 30.4 Å². The van der Waals surface area contributed by atoms with Crippen molar-refractivity contribution in [1.29, 1.82) is 0 Å². The third-order valence-electron chi connectivity index (χ3n) is 5.41. The van der Waals surface area contributed by atoms with E-state index >= 15 is 0 Å². The number of benzene rings is 3. The molecule has 1 aliphatic rings. The lowest BCUT2D eigenvalue weighted by Gasteiger charge is -2.20. The van der Waals surface area contributed by atoms with E-state index in [4.69, 9.17) is 9.47 Å². The Balaban J connectivity index is 1.63. The summed E-state index contributed by atoms with van der Waals surface area (Å²) in [7, 11) is -1.16. The maximum absolute atomic E-state index is 13.3. The van der Waals surface area contributed by atoms with Gasteiger partial charge in [-0.1, -0.05) is 24.3 Å². The van der Waals surface area contributed by atoms with E-state index in [1.807, 2.05) is 12.1 Å². The molecule has 3 aromatic carbocycles. The lowest BCUT2D eigenvalue weighted by molar-refractivity contribution is 0.0601. The number of rotatable bonds is 6. The molecule has 0 radical (unpaired) electrons. The molecule has 1 amide bonds. The summed E-state index contributed by atoms with van der Waals surface area (Å²) in [4.78, 5) is 25.1. The quantitative estimate of drug-likeness (QED) is 0.558. The first-order valence-corrected chi connectivity index (χ1v) is 11.6. The van der Waals surface area contributed by atoms with Gasteiger partial charge in [-0.25, -0.2) is 13.2 Å². The standard InChI is InChI=1S/C24H22N2O6S/c1-31-18-10-11-21(20(15-18)24(28)32-2)25-23(27)17-7-5-8-19(14-17)33(29,30)26-13-12-16-6-3-4-9-22(16)26/h3-11,14-15H,12-13H2,1-2H3,(H,25,27). The van der Waals surface area contributed by atoms with Crippen molar-refractivity contribution in [3.8, 4) is 5.75 Å². The first-order valence-electron chi connectivity index (χ1n) is 10.1. The molecule has 3 aromatic rings. The summed E-state index contributed by atoms with van der Waals surface area (Å²) < 4.78 is 37.9. The number of hydrogen-bond donors (Lipinski definition) is 1. The third kappa shape index (κ3) is 4.27. The van der Waals surface area contributed by atoms with Crippen molar-refractivity contribution in [3.63, 3.8) is 0 Å². The summed E-state index contributed by atoms with van der Waals surface area (Å²) >= 11 is 0. The molecular formula is C24H22N2O6S. The molecule has 0 aliphatic carbocycles. The fraction of sp³-hybridized carbons (Fsp3) is 0.167. The van der Waals surface area contributed by atoms with Crippen LogP contribution in [0, 0.1) is 0 Å². The van der Waals surface area contributed by atoms with Crippen LogP contribution in [-0.4, -0.2) is 41.1 Å². The normalized spacial score (nSPS) is 12.7. The molecule has 0 saturated carbocycles. The number of nitrogens with one attached hydrogen (secondary N) is 1. The summed E-state index contributed by atoms with van der Waals surface area (Å²) in [6.45, 7) is 0.340. The third-order valence-corrected chi connectivity index (χ3v) is 7.22. The van der Waals surface area contributed by atoms with Crippen LogP contribution in [0.3, 0.4) is 0 Å². The van der Waals surface area contributed by atoms with E-state index < -0.39 is 21.9 Å². The average molecular weight is 467 g/mol. The fourth-order valence-electron chi connectivity index (χ4n) is 3.72. The number of carbonyl (C=O) groups is 2. The number of ether oxygens (including phenoxy) is 2. The van der Waals surface area contributed by atoms with Crippen LogP contribution in [0.25, 0.3) is 0 Å². The van der Waals surface area contributed by atoms with E-state index in [1.165, 1.54) is 54.9 Å². The van der Waals surface area contributed by atoms with Gasteiger partial charge in [0.2, 0.25) is 0 Å². The number of para-hydroxylation sites is 1. The van der Waals surface area contributed by atoms with Crippen LogP contribution in [0.4, 0.5) is 11.4 Å². The van der Waals surface area contributed by atoms with Gasteiger partial charge in [-0.2, -0.15) is 0 Å². The topological polar surface area (TPSA) is 102 Å². The van der Waals surface area contributed by atoms with Gasteiger partial charge in [0, 0.05) is 12.1 Å². The molecule has 1 N–H and O–H groups in total. The molecule has 0 unspecified atom stereocenters. The highest BCUT2D eigenvalue weighted by Crippen LogP contribution is 2.33. The van der Waals surface area contributed by atoms with Gasteiger partial charge in [0.1, 0.15) is 5.75 Å². The van der Waals surface area contributed by atoms with Crippen LogP contribution in [-0.2, 0) is 21.2 Å². The van der Waals surface area contributed by atoms with Gasteiger partial charge in [0.15, 0.2) is 0 Å². The Bertz CT molecular complexity index is 1340. The minimum atomic E-state index is -3.85. The molecule has 0 fully saturated rings. The highest BCUT2D eigenvalue weighted by Gasteiger charge is 2.31. The largest absolute Gasteiger partial charge is 0.497 e. The zero-order chi connectivity index (χ0) is 23.6. The zero-order valence-corrected chi connectivity index (χ0v) is 18.9. The highest BCUT2D eigenvalue weighted by molar-refractivity contribution is 7.92. The number of anilines is 2. The Kier molecular flexibility index (Phi) is 6.06. The lowest BCUT2D eigenvalue weighted by Crippen LogP contribution is -2.29. The Morgan fingerprint density at radius 1 is 0.970 bits per heavy atom. The molecule has 4 rings (SSSR count). The van der Waals surface area contributed by atoms with Gasteiger partial charge in [-0.3, -0.25) is 9.10 Å². The van der Waals surface area contributed by atoms with E-state index in [9.17, 15) is 18.0 Å². The average Bonchev–Trinajstić information content (AvgIpc) is 3.29. The van der Waals surface area contributed by atoms with Crippen LogP contribution >= 0.6 is 0 Å². The summed E-state index contributed by atoms with van der Waals surface area (Å²) in [6, 6.07) is 17.7. The highest BCUT2D eigenvalue weighted by atomic mass is 32.2. The molecule has 0 aromatic heterocycles. The summed E-state index contributed by atoms with van der Waals surface area (Å²) in [5.41, 5.74) is 2.07. The van der Waals surface area contributed by atoms with Crippen molar-refractivity contribution in [2.45, 2.75) is 11.3 Å². The molecule has 1 aliphatic heterocycles. The van der Waals surface area contributed by atoms with Crippen LogP contribution in [0.5, 0.6) is 5.75 Å². The Morgan fingerprint density at radius 3 is 2.52 bits per heavy atom. The van der Waals surface area contributed by atoms with Crippen molar-refractivity contribution in [3.05, 3.63) is 83.4 Å². The van der Waals surface area contributed by atoms with Gasteiger partial charge < -0.3 is 14.8 Å². The van der Waals surface area contributed by atoms with E-state index in [0.29, 0.717) is 24.4 Å². The molecule has 170 valence electrons. The molecule has 9 heteroatoms. The maximum atomic E-state index is 13.3. The van der Waals surface area contributed by atoms with Gasteiger partial charge in [-0.15, -0.1) is 0 Å². The van der Waals surface area contributed by atoms with Crippen molar-refractivity contribution in [2.24, 2.45) is 0 Å². The zero-order valence-electron chi connectivity index (χ0n) is 18.1. The number of nitrogens with zero attached hydrogens (tertiary/aromatic N) is 1. The maximum Gasteiger partial charge on any atom is 0.340 e. The van der Waals surface area contributed by atoms with E-state index in [2.05, 4.69) is 5.32 Å². The number of fused-ring (bicyclic) bond motifs is 1. The number of hydrogen-bond acceptors (Lipinski definition) is 6. The molecular weight excluding hydrogens is 444 g/mol. The monoisotopic (exact) mass is 466 g/mol. The van der Waals surface area contributed by atoms with Crippen molar-refractivity contribution < 1.29 is 27.5 Å².